The van der Waals surface area contributed by atoms with Crippen molar-refractivity contribution in [3.63, 3.8) is 0 Å². The molecule has 0 spiro atoms. The van der Waals surface area contributed by atoms with E-state index >= 15 is 0 Å². The van der Waals surface area contributed by atoms with Crippen LogP contribution in [0.1, 0.15) is 53.4 Å². The van der Waals surface area contributed by atoms with E-state index < -0.39 is 0 Å². The normalized spacial score (nSPS) is 23.4. The fraction of sp³-hybridized carbons (Fsp3) is 0.889. The van der Waals surface area contributed by atoms with Gasteiger partial charge in [0.2, 0.25) is 11.8 Å². The maximum absolute atomic E-state index is 12.8. The first-order valence-corrected chi connectivity index (χ1v) is 9.02. The molecule has 2 atom stereocenters. The van der Waals surface area contributed by atoms with Crippen molar-refractivity contribution in [2.24, 2.45) is 11.8 Å². The highest BCUT2D eigenvalue weighted by Gasteiger charge is 2.41. The Balaban J connectivity index is 2.07. The van der Waals surface area contributed by atoms with E-state index in [1.807, 2.05) is 16.7 Å². The van der Waals surface area contributed by atoms with E-state index in [-0.39, 0.29) is 29.2 Å². The second-order valence-corrected chi connectivity index (χ2v) is 7.52. The molecule has 132 valence electrons. The van der Waals surface area contributed by atoms with Crippen molar-refractivity contribution in [1.82, 2.24) is 9.80 Å². The van der Waals surface area contributed by atoms with E-state index in [1.165, 1.54) is 0 Å². The summed E-state index contributed by atoms with van der Waals surface area (Å²) in [5, 5.41) is 0. The summed E-state index contributed by atoms with van der Waals surface area (Å²) in [6.07, 6.45) is 3.81. The Morgan fingerprint density at radius 2 is 1.74 bits per heavy atom. The number of carbonyl (C=O) groups is 2. The molecule has 0 N–H and O–H groups in total. The molecule has 0 aromatic heterocycles. The van der Waals surface area contributed by atoms with Gasteiger partial charge in [0.05, 0.1) is 13.2 Å². The number of rotatable bonds is 4. The summed E-state index contributed by atoms with van der Waals surface area (Å²) in [7, 11) is 0. The Labute approximate surface area is 140 Å². The van der Waals surface area contributed by atoms with E-state index in [2.05, 4.69) is 20.8 Å². The first-order chi connectivity index (χ1) is 10.9. The predicted octanol–water partition coefficient (Wildman–Crippen LogP) is 2.30. The number of amides is 2. The molecule has 0 aromatic rings. The molecule has 2 aliphatic rings. The lowest BCUT2D eigenvalue weighted by molar-refractivity contribution is -0.147. The van der Waals surface area contributed by atoms with E-state index in [4.69, 9.17) is 4.74 Å². The molecule has 0 aliphatic carbocycles. The summed E-state index contributed by atoms with van der Waals surface area (Å²) >= 11 is 0. The molecule has 2 rings (SSSR count). The number of nitrogens with zero attached hydrogens (tertiary/aromatic N) is 2. The first kappa shape index (κ1) is 18.2. The van der Waals surface area contributed by atoms with Gasteiger partial charge < -0.3 is 14.5 Å². The van der Waals surface area contributed by atoms with Gasteiger partial charge in [-0.1, -0.05) is 20.3 Å². The molecule has 2 heterocycles. The molecule has 0 saturated carbocycles. The molecule has 0 aromatic carbocycles. The average Bonchev–Trinajstić information content (AvgIpc) is 2.78. The van der Waals surface area contributed by atoms with Gasteiger partial charge in [-0.25, -0.2) is 0 Å². The predicted molar refractivity (Wildman–Crippen MR) is 90.0 cm³/mol. The molecule has 5 heteroatoms. The van der Waals surface area contributed by atoms with E-state index in [9.17, 15) is 9.59 Å². The van der Waals surface area contributed by atoms with Gasteiger partial charge in [-0.2, -0.15) is 0 Å². The minimum absolute atomic E-state index is 0.0980. The number of hydrogen-bond donors (Lipinski definition) is 0. The van der Waals surface area contributed by atoms with Crippen LogP contribution in [0.3, 0.4) is 0 Å². The van der Waals surface area contributed by atoms with E-state index in [0.717, 1.165) is 25.8 Å². The topological polar surface area (TPSA) is 49.9 Å². The van der Waals surface area contributed by atoms with Crippen LogP contribution in [-0.4, -0.2) is 60.0 Å². The number of ether oxygens (including phenoxy) is 1. The fourth-order valence-corrected chi connectivity index (χ4v) is 3.74. The molecule has 23 heavy (non-hydrogen) atoms. The quantitative estimate of drug-likeness (QED) is 0.797. The molecule has 0 bridgehead atoms. The number of morpholine rings is 1. The van der Waals surface area contributed by atoms with Crippen molar-refractivity contribution < 1.29 is 14.3 Å². The monoisotopic (exact) mass is 324 g/mol. The molecule has 2 fully saturated rings. The lowest BCUT2D eigenvalue weighted by atomic mass is 9.78. The summed E-state index contributed by atoms with van der Waals surface area (Å²) < 4.78 is 5.33. The zero-order valence-corrected chi connectivity index (χ0v) is 15.1. The Hall–Kier alpha value is -1.10. The molecular formula is C18H32N2O3. The molecular weight excluding hydrogens is 292 g/mol. The van der Waals surface area contributed by atoms with Crippen LogP contribution < -0.4 is 0 Å². The zero-order chi connectivity index (χ0) is 17.0. The van der Waals surface area contributed by atoms with Crippen molar-refractivity contribution in [1.29, 1.82) is 0 Å². The minimum atomic E-state index is -0.303. The van der Waals surface area contributed by atoms with Crippen molar-refractivity contribution in [3.05, 3.63) is 0 Å². The zero-order valence-electron chi connectivity index (χ0n) is 15.1. The highest BCUT2D eigenvalue weighted by molar-refractivity contribution is 5.80. The smallest absolute Gasteiger partial charge is 0.225 e. The SMILES string of the molecule is CC(C(=O)N1CCOCC1)C(C)C(C)(C)N1CCCCCC1=O. The van der Waals surface area contributed by atoms with Crippen LogP contribution in [0.4, 0.5) is 0 Å². The van der Waals surface area contributed by atoms with Gasteiger partial charge in [0, 0.05) is 37.5 Å². The van der Waals surface area contributed by atoms with Gasteiger partial charge in [-0.05, 0) is 32.6 Å². The summed E-state index contributed by atoms with van der Waals surface area (Å²) in [5.41, 5.74) is -0.303. The Kier molecular flexibility index (Phi) is 6.06. The van der Waals surface area contributed by atoms with Crippen LogP contribution in [0.5, 0.6) is 0 Å². The van der Waals surface area contributed by atoms with Gasteiger partial charge in [-0.3, -0.25) is 9.59 Å². The molecule has 5 nitrogen and oxygen atoms in total. The van der Waals surface area contributed by atoms with Crippen molar-refractivity contribution >= 4 is 11.8 Å². The Bertz CT molecular complexity index is 430. The van der Waals surface area contributed by atoms with Gasteiger partial charge in [0.15, 0.2) is 0 Å². The summed E-state index contributed by atoms with van der Waals surface area (Å²) in [5.74, 6) is 0.445. The standard InChI is InChI=1S/C18H32N2O3/c1-14(17(22)19-10-12-23-13-11-19)15(2)18(3,4)20-9-7-5-6-8-16(20)21/h14-15H,5-13H2,1-4H3. The summed E-state index contributed by atoms with van der Waals surface area (Å²) in [6, 6.07) is 0. The molecule has 2 saturated heterocycles. The van der Waals surface area contributed by atoms with Crippen molar-refractivity contribution in [2.75, 3.05) is 32.8 Å². The number of likely N-dealkylation sites (tertiary alicyclic amines) is 1. The molecule has 0 radical (unpaired) electrons. The summed E-state index contributed by atoms with van der Waals surface area (Å²) in [6.45, 7) is 11.8. The van der Waals surface area contributed by atoms with Gasteiger partial charge in [0.1, 0.15) is 0 Å². The maximum Gasteiger partial charge on any atom is 0.225 e. The van der Waals surface area contributed by atoms with Crippen LogP contribution in [0.2, 0.25) is 0 Å². The highest BCUT2D eigenvalue weighted by Crippen LogP contribution is 2.33. The van der Waals surface area contributed by atoms with Crippen LogP contribution in [0.15, 0.2) is 0 Å². The first-order valence-electron chi connectivity index (χ1n) is 9.02. The third kappa shape index (κ3) is 4.06. The van der Waals surface area contributed by atoms with Crippen LogP contribution in [0.25, 0.3) is 0 Å². The average molecular weight is 324 g/mol. The number of carbonyl (C=O) groups excluding carboxylic acids is 2. The van der Waals surface area contributed by atoms with Crippen molar-refractivity contribution in [3.8, 4) is 0 Å². The third-order valence-corrected chi connectivity index (χ3v) is 5.85. The molecule has 2 aliphatic heterocycles. The lowest BCUT2D eigenvalue weighted by Crippen LogP contribution is -2.55. The highest BCUT2D eigenvalue weighted by atomic mass is 16.5. The second kappa shape index (κ2) is 7.65. The fourth-order valence-electron chi connectivity index (χ4n) is 3.74. The minimum Gasteiger partial charge on any atom is -0.378 e. The second-order valence-electron chi connectivity index (χ2n) is 7.52. The van der Waals surface area contributed by atoms with Gasteiger partial charge in [-0.15, -0.1) is 0 Å². The third-order valence-electron chi connectivity index (χ3n) is 5.85. The van der Waals surface area contributed by atoms with Gasteiger partial charge in [0.25, 0.3) is 0 Å². The maximum atomic E-state index is 12.8. The summed E-state index contributed by atoms with van der Waals surface area (Å²) in [4.78, 5) is 29.2. The molecule has 2 amide bonds. The largest absolute Gasteiger partial charge is 0.378 e. The lowest BCUT2D eigenvalue weighted by Gasteiger charge is -2.45. The van der Waals surface area contributed by atoms with Gasteiger partial charge >= 0.3 is 0 Å². The van der Waals surface area contributed by atoms with Crippen LogP contribution in [0, 0.1) is 11.8 Å². The Morgan fingerprint density at radius 1 is 1.09 bits per heavy atom. The van der Waals surface area contributed by atoms with E-state index in [1.54, 1.807) is 0 Å². The van der Waals surface area contributed by atoms with E-state index in [0.29, 0.717) is 32.7 Å². The van der Waals surface area contributed by atoms with Crippen LogP contribution >= 0.6 is 0 Å². The molecule has 2 unspecified atom stereocenters. The van der Waals surface area contributed by atoms with Crippen molar-refractivity contribution in [2.45, 2.75) is 58.9 Å². The Morgan fingerprint density at radius 3 is 2.39 bits per heavy atom. The number of hydrogen-bond acceptors (Lipinski definition) is 3. The van der Waals surface area contributed by atoms with Crippen LogP contribution in [-0.2, 0) is 14.3 Å².